The molecule has 0 radical (unpaired) electrons. The Balaban J connectivity index is 1.83. The molecular weight excluding hydrogens is 268 g/mol. The summed E-state index contributed by atoms with van der Waals surface area (Å²) >= 11 is 5.71. The Morgan fingerprint density at radius 2 is 1.95 bits per heavy atom. The number of piperidine rings is 1. The summed E-state index contributed by atoms with van der Waals surface area (Å²) in [4.78, 5) is 23.2. The van der Waals surface area contributed by atoms with E-state index in [0.29, 0.717) is 24.1 Å². The number of hydrogen-bond donors (Lipinski definition) is 0. The molecule has 1 fully saturated rings. The monoisotopic (exact) mass is 284 g/mol. The fraction of sp³-hybridized carbons (Fsp3) is 0.583. The van der Waals surface area contributed by atoms with Gasteiger partial charge in [-0.25, -0.2) is 14.8 Å². The predicted octanol–water partition coefficient (Wildman–Crippen LogP) is 1.65. The number of halogens is 1. The van der Waals surface area contributed by atoms with Gasteiger partial charge in [0.2, 0.25) is 0 Å². The zero-order valence-corrected chi connectivity index (χ0v) is 11.8. The first-order valence-electron chi connectivity index (χ1n) is 6.16. The van der Waals surface area contributed by atoms with Crippen LogP contribution in [0.25, 0.3) is 0 Å². The van der Waals surface area contributed by atoms with E-state index in [1.165, 1.54) is 12.4 Å². The van der Waals surface area contributed by atoms with Crippen LogP contribution in [0.4, 0.5) is 4.79 Å². The number of amides is 2. The number of ether oxygens (including phenoxy) is 1. The van der Waals surface area contributed by atoms with Gasteiger partial charge in [0, 0.05) is 40.0 Å². The molecule has 0 saturated carbocycles. The number of hydrogen-bond acceptors (Lipinski definition) is 4. The molecule has 2 amide bonds. The maximum atomic E-state index is 11.8. The molecule has 6 nitrogen and oxygen atoms in total. The van der Waals surface area contributed by atoms with Gasteiger partial charge in [-0.3, -0.25) is 0 Å². The van der Waals surface area contributed by atoms with Crippen molar-refractivity contribution < 1.29 is 9.53 Å². The molecule has 0 aliphatic carbocycles. The molecule has 0 aromatic carbocycles. The molecule has 7 heteroatoms. The SMILES string of the molecule is CN(C)C(=O)N1CCC(Oc2ncc(Cl)cn2)CC1. The number of nitrogens with zero attached hydrogens (tertiary/aromatic N) is 4. The Kier molecular flexibility index (Phi) is 4.42. The fourth-order valence-electron chi connectivity index (χ4n) is 1.96. The normalized spacial score (nSPS) is 16.3. The Bertz CT molecular complexity index is 430. The van der Waals surface area contributed by atoms with E-state index in [1.807, 2.05) is 4.90 Å². The van der Waals surface area contributed by atoms with Gasteiger partial charge in [-0.05, 0) is 0 Å². The predicted molar refractivity (Wildman–Crippen MR) is 71.3 cm³/mol. The highest BCUT2D eigenvalue weighted by Crippen LogP contribution is 2.17. The van der Waals surface area contributed by atoms with Crippen LogP contribution in [-0.2, 0) is 0 Å². The first kappa shape index (κ1) is 13.9. The Morgan fingerprint density at radius 3 is 2.47 bits per heavy atom. The molecule has 1 saturated heterocycles. The van der Waals surface area contributed by atoms with Gasteiger partial charge in [0.25, 0.3) is 0 Å². The van der Waals surface area contributed by atoms with Crippen molar-refractivity contribution >= 4 is 17.6 Å². The smallest absolute Gasteiger partial charge is 0.319 e. The summed E-state index contributed by atoms with van der Waals surface area (Å²) in [6.07, 6.45) is 4.63. The number of aromatic nitrogens is 2. The topological polar surface area (TPSA) is 58.6 Å². The molecule has 0 unspecified atom stereocenters. The second-order valence-corrected chi connectivity index (χ2v) is 5.10. The van der Waals surface area contributed by atoms with Gasteiger partial charge in [-0.15, -0.1) is 0 Å². The Morgan fingerprint density at radius 1 is 1.37 bits per heavy atom. The van der Waals surface area contributed by atoms with Gasteiger partial charge in [-0.2, -0.15) is 0 Å². The molecule has 0 N–H and O–H groups in total. The third-order valence-corrected chi connectivity index (χ3v) is 3.16. The Hall–Kier alpha value is -1.56. The van der Waals surface area contributed by atoms with Crippen molar-refractivity contribution in [2.24, 2.45) is 0 Å². The third-order valence-electron chi connectivity index (χ3n) is 2.96. The van der Waals surface area contributed by atoms with Crippen LogP contribution < -0.4 is 4.74 Å². The van der Waals surface area contributed by atoms with E-state index >= 15 is 0 Å². The molecule has 0 bridgehead atoms. The second-order valence-electron chi connectivity index (χ2n) is 4.67. The highest BCUT2D eigenvalue weighted by Gasteiger charge is 2.25. The maximum absolute atomic E-state index is 11.8. The van der Waals surface area contributed by atoms with Crippen molar-refractivity contribution in [1.82, 2.24) is 19.8 Å². The Labute approximate surface area is 117 Å². The van der Waals surface area contributed by atoms with Gasteiger partial charge in [-0.1, -0.05) is 11.6 Å². The molecule has 19 heavy (non-hydrogen) atoms. The van der Waals surface area contributed by atoms with Crippen molar-refractivity contribution in [3.63, 3.8) is 0 Å². The van der Waals surface area contributed by atoms with Crippen LogP contribution >= 0.6 is 11.6 Å². The fourth-order valence-corrected chi connectivity index (χ4v) is 2.06. The quantitative estimate of drug-likeness (QED) is 0.829. The van der Waals surface area contributed by atoms with E-state index in [-0.39, 0.29) is 12.1 Å². The minimum atomic E-state index is 0.0428. The van der Waals surface area contributed by atoms with E-state index in [1.54, 1.807) is 19.0 Å². The maximum Gasteiger partial charge on any atom is 0.319 e. The van der Waals surface area contributed by atoms with Crippen molar-refractivity contribution in [3.8, 4) is 6.01 Å². The number of carbonyl (C=O) groups excluding carboxylic acids is 1. The molecule has 2 heterocycles. The highest BCUT2D eigenvalue weighted by molar-refractivity contribution is 6.30. The highest BCUT2D eigenvalue weighted by atomic mass is 35.5. The van der Waals surface area contributed by atoms with Crippen molar-refractivity contribution in [2.75, 3.05) is 27.2 Å². The first-order valence-corrected chi connectivity index (χ1v) is 6.54. The summed E-state index contributed by atoms with van der Waals surface area (Å²) in [6.45, 7) is 1.38. The van der Waals surface area contributed by atoms with Crippen LogP contribution in [0.5, 0.6) is 6.01 Å². The van der Waals surface area contributed by atoms with Crippen LogP contribution in [0.1, 0.15) is 12.8 Å². The molecular formula is C12H17ClN4O2. The zero-order valence-electron chi connectivity index (χ0n) is 11.0. The third kappa shape index (κ3) is 3.70. The van der Waals surface area contributed by atoms with Crippen LogP contribution in [-0.4, -0.2) is 59.1 Å². The van der Waals surface area contributed by atoms with Gasteiger partial charge in [0.15, 0.2) is 0 Å². The number of likely N-dealkylation sites (tertiary alicyclic amines) is 1. The largest absolute Gasteiger partial charge is 0.460 e. The lowest BCUT2D eigenvalue weighted by molar-refractivity contribution is 0.0948. The molecule has 0 atom stereocenters. The summed E-state index contributed by atoms with van der Waals surface area (Å²) in [5, 5.41) is 0.485. The second kappa shape index (κ2) is 6.06. The van der Waals surface area contributed by atoms with Crippen molar-refractivity contribution in [2.45, 2.75) is 18.9 Å². The van der Waals surface area contributed by atoms with E-state index < -0.39 is 0 Å². The lowest BCUT2D eigenvalue weighted by Gasteiger charge is -2.33. The summed E-state index contributed by atoms with van der Waals surface area (Å²) < 4.78 is 5.67. The molecule has 1 aliphatic rings. The van der Waals surface area contributed by atoms with E-state index in [0.717, 1.165) is 12.8 Å². The average molecular weight is 285 g/mol. The van der Waals surface area contributed by atoms with E-state index in [2.05, 4.69) is 9.97 Å². The molecule has 0 spiro atoms. The minimum absolute atomic E-state index is 0.0428. The number of rotatable bonds is 2. The van der Waals surface area contributed by atoms with Crippen molar-refractivity contribution in [3.05, 3.63) is 17.4 Å². The molecule has 1 aromatic rings. The minimum Gasteiger partial charge on any atom is -0.460 e. The molecule has 1 aliphatic heterocycles. The van der Waals surface area contributed by atoms with Crippen LogP contribution in [0.3, 0.4) is 0 Å². The lowest BCUT2D eigenvalue weighted by atomic mass is 10.1. The molecule has 104 valence electrons. The summed E-state index contributed by atoms with van der Waals surface area (Å²) in [5.74, 6) is 0. The van der Waals surface area contributed by atoms with Gasteiger partial charge in [0.1, 0.15) is 6.10 Å². The summed E-state index contributed by atoms with van der Waals surface area (Å²) in [5.41, 5.74) is 0. The number of urea groups is 1. The van der Waals surface area contributed by atoms with Crippen LogP contribution in [0.15, 0.2) is 12.4 Å². The van der Waals surface area contributed by atoms with E-state index in [9.17, 15) is 4.79 Å². The van der Waals surface area contributed by atoms with E-state index in [4.69, 9.17) is 16.3 Å². The van der Waals surface area contributed by atoms with Crippen LogP contribution in [0, 0.1) is 0 Å². The molecule has 2 rings (SSSR count). The van der Waals surface area contributed by atoms with Gasteiger partial charge >= 0.3 is 12.0 Å². The lowest BCUT2D eigenvalue weighted by Crippen LogP contribution is -2.46. The first-order chi connectivity index (χ1) is 9.06. The van der Waals surface area contributed by atoms with Crippen molar-refractivity contribution in [1.29, 1.82) is 0 Å². The van der Waals surface area contributed by atoms with Gasteiger partial charge < -0.3 is 14.5 Å². The molecule has 1 aromatic heterocycles. The summed E-state index contributed by atoms with van der Waals surface area (Å²) in [7, 11) is 3.51. The summed E-state index contributed by atoms with van der Waals surface area (Å²) in [6, 6.07) is 0.378. The number of carbonyl (C=O) groups is 1. The van der Waals surface area contributed by atoms with Gasteiger partial charge in [0.05, 0.1) is 17.4 Å². The van der Waals surface area contributed by atoms with Crippen LogP contribution in [0.2, 0.25) is 5.02 Å². The zero-order chi connectivity index (χ0) is 13.8. The standard InChI is InChI=1S/C12H17ClN4O2/c1-16(2)12(18)17-5-3-10(4-6-17)19-11-14-7-9(13)8-15-11/h7-8,10H,3-6H2,1-2H3. The average Bonchev–Trinajstić information content (AvgIpc) is 2.41.